The molecule has 0 amide bonds. The van der Waals surface area contributed by atoms with E-state index < -0.39 is 21.4 Å². The van der Waals surface area contributed by atoms with E-state index in [-0.39, 0.29) is 16.2 Å². The minimum atomic E-state index is -3.39. The molecule has 40 heavy (non-hydrogen) atoms. The van der Waals surface area contributed by atoms with Crippen molar-refractivity contribution in [2.75, 3.05) is 19.3 Å². The highest BCUT2D eigenvalue weighted by Crippen LogP contribution is 2.44. The van der Waals surface area contributed by atoms with E-state index in [1.165, 1.54) is 6.07 Å². The molecule has 0 radical (unpaired) electrons. The molecule has 0 saturated carbocycles. The lowest BCUT2D eigenvalue weighted by molar-refractivity contribution is -0.151. The zero-order valence-corrected chi connectivity index (χ0v) is 23.6. The topological polar surface area (TPSA) is 113 Å². The summed E-state index contributed by atoms with van der Waals surface area (Å²) in [6.07, 6.45) is 2.40. The normalized spacial score (nSPS) is 20.0. The van der Waals surface area contributed by atoms with Crippen molar-refractivity contribution in [3.05, 3.63) is 88.4 Å². The molecule has 10 heteroatoms. The minimum absolute atomic E-state index is 0.0854. The molecule has 4 aromatic rings. The fourth-order valence-electron chi connectivity index (χ4n) is 5.72. The number of benzene rings is 3. The first-order valence-corrected chi connectivity index (χ1v) is 15.3. The number of ether oxygens (including phenoxy) is 1. The summed E-state index contributed by atoms with van der Waals surface area (Å²) in [5.41, 5.74) is 3.28. The number of fused-ring (bicyclic) bond motifs is 1. The molecule has 3 heterocycles. The Morgan fingerprint density at radius 2 is 1.93 bits per heavy atom. The van der Waals surface area contributed by atoms with Gasteiger partial charge >= 0.3 is 5.97 Å². The Morgan fingerprint density at radius 3 is 2.70 bits per heavy atom. The van der Waals surface area contributed by atoms with Gasteiger partial charge in [-0.15, -0.1) is 0 Å². The molecule has 2 aliphatic heterocycles. The van der Waals surface area contributed by atoms with Crippen LogP contribution >= 0.6 is 11.6 Å². The highest BCUT2D eigenvalue weighted by atomic mass is 35.5. The number of nitrogens with one attached hydrogen (secondary N) is 1. The Morgan fingerprint density at radius 1 is 1.12 bits per heavy atom. The van der Waals surface area contributed by atoms with E-state index in [2.05, 4.69) is 14.9 Å². The van der Waals surface area contributed by atoms with E-state index >= 15 is 0 Å². The van der Waals surface area contributed by atoms with Gasteiger partial charge in [-0.1, -0.05) is 35.9 Å². The summed E-state index contributed by atoms with van der Waals surface area (Å²) >= 11 is 6.68. The van der Waals surface area contributed by atoms with Crippen LogP contribution in [-0.4, -0.2) is 59.3 Å². The monoisotopic (exact) mass is 577 g/mol. The van der Waals surface area contributed by atoms with Crippen molar-refractivity contribution in [1.29, 1.82) is 0 Å². The maximum Gasteiger partial charge on any atom is 0.343 e. The molecule has 6 rings (SSSR count). The third-order valence-electron chi connectivity index (χ3n) is 7.66. The zero-order chi connectivity index (χ0) is 28.2. The number of hydrogen-bond acceptors (Lipinski definition) is 7. The molecule has 1 fully saturated rings. The first-order valence-electron chi connectivity index (χ1n) is 13.0. The average molecular weight is 578 g/mol. The number of piperidine rings is 1. The fraction of sp³-hybridized carbons (Fsp3) is 0.267. The number of para-hydroxylation sites is 2. The van der Waals surface area contributed by atoms with Crippen molar-refractivity contribution in [1.82, 2.24) is 14.9 Å². The number of hydrogen-bond donors (Lipinski definition) is 2. The molecule has 0 aliphatic carbocycles. The second-order valence-electron chi connectivity index (χ2n) is 10.6. The number of aryl methyl sites for hydroxylation is 1. The summed E-state index contributed by atoms with van der Waals surface area (Å²) in [5.74, 6) is 0.135. The van der Waals surface area contributed by atoms with Crippen molar-refractivity contribution in [2.24, 2.45) is 0 Å². The van der Waals surface area contributed by atoms with Crippen LogP contribution in [-0.2, 0) is 25.9 Å². The molecule has 0 bridgehead atoms. The van der Waals surface area contributed by atoms with Gasteiger partial charge in [0, 0.05) is 23.4 Å². The fourth-order valence-corrected chi connectivity index (χ4v) is 6.66. The van der Waals surface area contributed by atoms with Crippen molar-refractivity contribution in [2.45, 2.75) is 36.8 Å². The van der Waals surface area contributed by atoms with E-state index in [9.17, 15) is 18.3 Å². The SMILES string of the molecule is Cc1cc(-c2cccc(S(C)(=O)=O)c2)c(Cl)cc1C1=C(O)C2(CCCN(Cc3nc4ccccc4[nH]3)C2)OC1=O. The lowest BCUT2D eigenvalue weighted by Gasteiger charge is -2.38. The third-order valence-corrected chi connectivity index (χ3v) is 9.09. The Hall–Kier alpha value is -3.66. The van der Waals surface area contributed by atoms with Crippen LogP contribution in [0, 0.1) is 6.92 Å². The number of likely N-dealkylation sites (tertiary alicyclic amines) is 1. The van der Waals surface area contributed by atoms with E-state index in [1.807, 2.05) is 31.2 Å². The Kier molecular flexibility index (Phi) is 6.48. The molecular formula is C30H28ClN3O5S. The number of aromatic amines is 1. The second kappa shape index (κ2) is 9.76. The van der Waals surface area contributed by atoms with Crippen molar-refractivity contribution < 1.29 is 23.1 Å². The molecule has 8 nitrogen and oxygen atoms in total. The number of halogens is 1. The van der Waals surface area contributed by atoms with E-state index in [1.54, 1.807) is 30.3 Å². The van der Waals surface area contributed by atoms with E-state index in [4.69, 9.17) is 16.3 Å². The summed E-state index contributed by atoms with van der Waals surface area (Å²) < 4.78 is 30.0. The van der Waals surface area contributed by atoms with Gasteiger partial charge in [-0.2, -0.15) is 0 Å². The summed E-state index contributed by atoms with van der Waals surface area (Å²) in [7, 11) is -3.39. The van der Waals surface area contributed by atoms with Gasteiger partial charge in [0.2, 0.25) is 0 Å². The standard InChI is InChI=1S/C30H28ClN3O5S/c1-18-13-22(19-7-5-8-20(14-19)40(2,37)38)23(31)15-21(18)27-28(35)30(39-29(27)36)11-6-12-34(17-30)16-26-32-24-9-3-4-10-25(24)33-26/h3-5,7-10,13-15,35H,6,11-12,16-17H2,1-2H3,(H,32,33). The number of aliphatic hydroxyl groups is 1. The maximum absolute atomic E-state index is 13.2. The summed E-state index contributed by atoms with van der Waals surface area (Å²) in [4.78, 5) is 23.5. The third kappa shape index (κ3) is 4.68. The summed E-state index contributed by atoms with van der Waals surface area (Å²) in [6, 6.07) is 17.8. The maximum atomic E-state index is 13.2. The number of aromatic nitrogens is 2. The summed E-state index contributed by atoms with van der Waals surface area (Å²) in [5, 5.41) is 11.8. The highest BCUT2D eigenvalue weighted by molar-refractivity contribution is 7.90. The number of carbonyl (C=O) groups excluding carboxylic acids is 1. The van der Waals surface area contributed by atoms with Gasteiger partial charge in [0.25, 0.3) is 0 Å². The number of rotatable bonds is 5. The number of esters is 1. The Bertz CT molecular complexity index is 1780. The zero-order valence-electron chi connectivity index (χ0n) is 22.1. The smallest absolute Gasteiger partial charge is 0.343 e. The molecule has 2 aliphatic rings. The first-order chi connectivity index (χ1) is 19.0. The first kappa shape index (κ1) is 26.6. The largest absolute Gasteiger partial charge is 0.507 e. The Balaban J connectivity index is 1.31. The lowest BCUT2D eigenvalue weighted by Crippen LogP contribution is -2.49. The van der Waals surface area contributed by atoms with Gasteiger partial charge in [0.05, 0.1) is 22.5 Å². The van der Waals surface area contributed by atoms with Crippen LogP contribution in [0.4, 0.5) is 0 Å². The lowest BCUT2D eigenvalue weighted by atomic mass is 9.87. The summed E-state index contributed by atoms with van der Waals surface area (Å²) in [6.45, 7) is 3.48. The highest BCUT2D eigenvalue weighted by Gasteiger charge is 2.51. The van der Waals surface area contributed by atoms with Crippen LogP contribution in [0.3, 0.4) is 0 Å². The van der Waals surface area contributed by atoms with Crippen LogP contribution in [0.15, 0.2) is 71.3 Å². The van der Waals surface area contributed by atoms with Crippen LogP contribution in [0.1, 0.15) is 29.8 Å². The minimum Gasteiger partial charge on any atom is -0.507 e. The Labute approximate surface area is 237 Å². The van der Waals surface area contributed by atoms with Crippen LogP contribution in [0.2, 0.25) is 5.02 Å². The predicted octanol–water partition coefficient (Wildman–Crippen LogP) is 5.46. The number of imidazole rings is 1. The molecule has 1 saturated heterocycles. The van der Waals surface area contributed by atoms with Crippen molar-refractivity contribution >= 4 is 44.0 Å². The second-order valence-corrected chi connectivity index (χ2v) is 13.0. The molecule has 2 N–H and O–H groups in total. The van der Waals surface area contributed by atoms with Gasteiger partial charge in [0.15, 0.2) is 21.2 Å². The number of aliphatic hydroxyl groups excluding tert-OH is 1. The number of H-pyrrole nitrogens is 1. The number of nitrogens with zero attached hydrogens (tertiary/aromatic N) is 2. The molecule has 3 aromatic carbocycles. The van der Waals surface area contributed by atoms with Gasteiger partial charge in [-0.25, -0.2) is 18.2 Å². The molecule has 1 aromatic heterocycles. The van der Waals surface area contributed by atoms with Crippen molar-refractivity contribution in [3.8, 4) is 11.1 Å². The van der Waals surface area contributed by atoms with E-state index in [0.717, 1.165) is 36.1 Å². The average Bonchev–Trinajstić information content (AvgIpc) is 3.42. The molecular weight excluding hydrogens is 550 g/mol. The quantitative estimate of drug-likeness (QED) is 0.303. The molecule has 206 valence electrons. The molecule has 1 unspecified atom stereocenters. The molecule has 1 spiro atoms. The van der Waals surface area contributed by atoms with Gasteiger partial charge in [0.1, 0.15) is 11.4 Å². The number of carbonyl (C=O) groups is 1. The van der Waals surface area contributed by atoms with Gasteiger partial charge in [-0.05, 0) is 79.4 Å². The van der Waals surface area contributed by atoms with Gasteiger partial charge in [-0.3, -0.25) is 4.90 Å². The van der Waals surface area contributed by atoms with Crippen LogP contribution in [0.5, 0.6) is 0 Å². The van der Waals surface area contributed by atoms with Crippen molar-refractivity contribution in [3.63, 3.8) is 0 Å². The van der Waals surface area contributed by atoms with Gasteiger partial charge < -0.3 is 14.8 Å². The number of sulfone groups is 1. The molecule has 1 atom stereocenters. The predicted molar refractivity (Wildman–Crippen MR) is 154 cm³/mol. The van der Waals surface area contributed by atoms with E-state index in [0.29, 0.717) is 46.8 Å². The van der Waals surface area contributed by atoms with Crippen LogP contribution in [0.25, 0.3) is 27.7 Å². The van der Waals surface area contributed by atoms with Crippen LogP contribution < -0.4 is 0 Å².